The molecule has 1 fully saturated rings. The lowest BCUT2D eigenvalue weighted by Gasteiger charge is -2.36. The number of hydrogen-bond acceptors (Lipinski definition) is 6. The molecular formula is C20H19FN4O4. The van der Waals surface area contributed by atoms with E-state index in [1.165, 1.54) is 24.3 Å². The number of halogens is 1. The number of rotatable bonds is 4. The molecule has 0 radical (unpaired) electrons. The van der Waals surface area contributed by atoms with Crippen molar-refractivity contribution < 1.29 is 18.9 Å². The van der Waals surface area contributed by atoms with E-state index in [0.717, 1.165) is 5.69 Å². The Morgan fingerprint density at radius 1 is 1.14 bits per heavy atom. The Hall–Kier alpha value is -3.49. The number of carbonyl (C=O) groups is 1. The van der Waals surface area contributed by atoms with Gasteiger partial charge in [-0.2, -0.15) is 0 Å². The Bertz CT molecular complexity index is 972. The topological polar surface area (TPSA) is 88.3 Å². The SMILES string of the molecule is O=C(C1CC(c2cccc(F)c2)=NO1)N1CCN(c2cccc([N+](=O)[O-])c2)CC1. The normalized spacial score (nSPS) is 18.9. The molecular weight excluding hydrogens is 379 g/mol. The quantitative estimate of drug-likeness (QED) is 0.583. The van der Waals surface area contributed by atoms with Crippen LogP contribution in [0.4, 0.5) is 15.8 Å². The monoisotopic (exact) mass is 398 g/mol. The van der Waals surface area contributed by atoms with Crippen LogP contribution in [0.2, 0.25) is 0 Å². The zero-order valence-corrected chi connectivity index (χ0v) is 15.5. The van der Waals surface area contributed by atoms with Crippen molar-refractivity contribution in [2.75, 3.05) is 31.1 Å². The molecule has 2 aliphatic rings. The van der Waals surface area contributed by atoms with Crippen molar-refractivity contribution in [3.05, 3.63) is 70.0 Å². The van der Waals surface area contributed by atoms with E-state index in [1.54, 1.807) is 23.1 Å². The maximum Gasteiger partial charge on any atom is 0.271 e. The van der Waals surface area contributed by atoms with Crippen LogP contribution < -0.4 is 4.90 Å². The van der Waals surface area contributed by atoms with Crippen LogP contribution in [0.5, 0.6) is 0 Å². The van der Waals surface area contributed by atoms with Crippen LogP contribution in [0, 0.1) is 15.9 Å². The van der Waals surface area contributed by atoms with E-state index < -0.39 is 11.0 Å². The third kappa shape index (κ3) is 4.03. The molecule has 1 atom stereocenters. The molecule has 9 heteroatoms. The molecule has 0 spiro atoms. The van der Waals surface area contributed by atoms with Gasteiger partial charge in [-0.05, 0) is 18.2 Å². The average molecular weight is 398 g/mol. The first kappa shape index (κ1) is 18.9. The third-order valence-electron chi connectivity index (χ3n) is 5.10. The molecule has 29 heavy (non-hydrogen) atoms. The van der Waals surface area contributed by atoms with Crippen LogP contribution in [0.3, 0.4) is 0 Å². The first-order valence-corrected chi connectivity index (χ1v) is 9.28. The van der Waals surface area contributed by atoms with Crippen molar-refractivity contribution in [2.24, 2.45) is 5.16 Å². The minimum absolute atomic E-state index is 0.0439. The van der Waals surface area contributed by atoms with E-state index in [-0.39, 0.29) is 17.4 Å². The van der Waals surface area contributed by atoms with E-state index in [9.17, 15) is 19.3 Å². The highest BCUT2D eigenvalue weighted by atomic mass is 19.1. The number of non-ortho nitro benzene ring substituents is 1. The van der Waals surface area contributed by atoms with Gasteiger partial charge in [0.25, 0.3) is 11.6 Å². The van der Waals surface area contributed by atoms with Gasteiger partial charge in [0.05, 0.1) is 10.6 Å². The van der Waals surface area contributed by atoms with E-state index in [1.807, 2.05) is 11.0 Å². The summed E-state index contributed by atoms with van der Waals surface area (Å²) in [6.07, 6.45) is -0.412. The number of oxime groups is 1. The van der Waals surface area contributed by atoms with Gasteiger partial charge in [-0.25, -0.2) is 4.39 Å². The maximum absolute atomic E-state index is 13.4. The van der Waals surface area contributed by atoms with Crippen LogP contribution in [0.25, 0.3) is 0 Å². The summed E-state index contributed by atoms with van der Waals surface area (Å²) in [6, 6.07) is 12.5. The average Bonchev–Trinajstić information content (AvgIpc) is 3.24. The summed E-state index contributed by atoms with van der Waals surface area (Å²) >= 11 is 0. The van der Waals surface area contributed by atoms with Crippen molar-refractivity contribution in [3.63, 3.8) is 0 Å². The van der Waals surface area contributed by atoms with E-state index in [0.29, 0.717) is 43.9 Å². The van der Waals surface area contributed by atoms with Gasteiger partial charge in [-0.3, -0.25) is 14.9 Å². The van der Waals surface area contributed by atoms with Gasteiger partial charge in [0, 0.05) is 56.0 Å². The highest BCUT2D eigenvalue weighted by Crippen LogP contribution is 2.24. The van der Waals surface area contributed by atoms with Crippen LogP contribution in [0.1, 0.15) is 12.0 Å². The summed E-state index contributed by atoms with van der Waals surface area (Å²) in [4.78, 5) is 32.4. The maximum atomic E-state index is 13.4. The predicted octanol–water partition coefficient (Wildman–Crippen LogP) is 2.58. The molecule has 2 aromatic carbocycles. The van der Waals surface area contributed by atoms with Gasteiger partial charge in [-0.15, -0.1) is 0 Å². The molecule has 2 heterocycles. The molecule has 1 saturated heterocycles. The Kier molecular flexibility index (Phi) is 5.11. The largest absolute Gasteiger partial charge is 0.382 e. The van der Waals surface area contributed by atoms with Gasteiger partial charge in [-0.1, -0.05) is 23.4 Å². The Morgan fingerprint density at radius 3 is 2.62 bits per heavy atom. The lowest BCUT2D eigenvalue weighted by molar-refractivity contribution is -0.384. The fraction of sp³-hybridized carbons (Fsp3) is 0.300. The highest BCUT2D eigenvalue weighted by molar-refractivity contribution is 6.04. The minimum atomic E-state index is -0.711. The van der Waals surface area contributed by atoms with Gasteiger partial charge in [0.15, 0.2) is 0 Å². The molecule has 1 unspecified atom stereocenters. The summed E-state index contributed by atoms with van der Waals surface area (Å²) in [6.45, 7) is 2.10. The van der Waals surface area contributed by atoms with Gasteiger partial charge in [0.1, 0.15) is 5.82 Å². The zero-order valence-electron chi connectivity index (χ0n) is 15.5. The molecule has 8 nitrogen and oxygen atoms in total. The Morgan fingerprint density at radius 2 is 1.90 bits per heavy atom. The van der Waals surface area contributed by atoms with E-state index in [2.05, 4.69) is 5.16 Å². The number of anilines is 1. The fourth-order valence-corrected chi connectivity index (χ4v) is 3.54. The van der Waals surface area contributed by atoms with Gasteiger partial charge < -0.3 is 14.6 Å². The van der Waals surface area contributed by atoms with Crippen molar-refractivity contribution in [1.29, 1.82) is 0 Å². The number of piperazine rings is 1. The molecule has 0 bridgehead atoms. The number of nitro benzene ring substituents is 1. The molecule has 2 aliphatic heterocycles. The van der Waals surface area contributed by atoms with Crippen molar-refractivity contribution in [3.8, 4) is 0 Å². The Labute approximate surface area is 166 Å². The Balaban J connectivity index is 1.34. The number of benzene rings is 2. The molecule has 0 saturated carbocycles. The number of amides is 1. The number of hydrogen-bond donors (Lipinski definition) is 0. The lowest BCUT2D eigenvalue weighted by Crippen LogP contribution is -2.51. The number of nitrogens with zero attached hydrogens (tertiary/aromatic N) is 4. The summed E-state index contributed by atoms with van der Waals surface area (Å²) in [5, 5.41) is 14.9. The molecule has 0 aliphatic carbocycles. The van der Waals surface area contributed by atoms with E-state index in [4.69, 9.17) is 4.84 Å². The molecule has 2 aromatic rings. The van der Waals surface area contributed by atoms with E-state index >= 15 is 0 Å². The zero-order chi connectivity index (χ0) is 20.4. The van der Waals surface area contributed by atoms with Crippen LogP contribution in [-0.4, -0.2) is 53.7 Å². The van der Waals surface area contributed by atoms with Gasteiger partial charge >= 0.3 is 0 Å². The fourth-order valence-electron chi connectivity index (χ4n) is 3.54. The molecule has 0 N–H and O–H groups in total. The summed E-state index contributed by atoms with van der Waals surface area (Å²) in [5.74, 6) is -0.518. The van der Waals surface area contributed by atoms with Crippen LogP contribution in [-0.2, 0) is 9.63 Å². The van der Waals surface area contributed by atoms with Crippen molar-refractivity contribution in [1.82, 2.24) is 4.90 Å². The number of nitro groups is 1. The smallest absolute Gasteiger partial charge is 0.271 e. The predicted molar refractivity (Wildman–Crippen MR) is 104 cm³/mol. The second-order valence-electron chi connectivity index (χ2n) is 6.94. The summed E-state index contributed by atoms with van der Waals surface area (Å²) < 4.78 is 13.4. The summed E-state index contributed by atoms with van der Waals surface area (Å²) in [7, 11) is 0. The molecule has 0 aromatic heterocycles. The molecule has 150 valence electrons. The van der Waals surface area contributed by atoms with Crippen molar-refractivity contribution >= 4 is 23.0 Å². The lowest BCUT2D eigenvalue weighted by atomic mass is 10.0. The second-order valence-corrected chi connectivity index (χ2v) is 6.94. The third-order valence-corrected chi connectivity index (χ3v) is 5.10. The first-order valence-electron chi connectivity index (χ1n) is 9.28. The first-order chi connectivity index (χ1) is 14.0. The van der Waals surface area contributed by atoms with Crippen molar-refractivity contribution in [2.45, 2.75) is 12.5 Å². The molecule has 4 rings (SSSR count). The standard InChI is InChI=1S/C20H19FN4O4/c21-15-4-1-3-14(11-15)18-13-19(29-22-18)20(26)24-9-7-23(8-10-24)16-5-2-6-17(12-16)25(27)28/h1-6,11-12,19H,7-10,13H2. The second kappa shape index (κ2) is 7.86. The van der Waals surface area contributed by atoms with Crippen LogP contribution in [0.15, 0.2) is 53.7 Å². The molecule has 1 amide bonds. The van der Waals surface area contributed by atoms with Crippen LogP contribution >= 0.6 is 0 Å². The van der Waals surface area contributed by atoms with Gasteiger partial charge in [0.2, 0.25) is 6.10 Å². The minimum Gasteiger partial charge on any atom is -0.382 e. The summed E-state index contributed by atoms with van der Waals surface area (Å²) in [5.41, 5.74) is 1.97. The number of carbonyl (C=O) groups excluding carboxylic acids is 1. The highest BCUT2D eigenvalue weighted by Gasteiger charge is 2.34.